The fourth-order valence-electron chi connectivity index (χ4n) is 3.09. The first-order chi connectivity index (χ1) is 15.6. The summed E-state index contributed by atoms with van der Waals surface area (Å²) in [7, 11) is 0. The van der Waals surface area contributed by atoms with E-state index < -0.39 is 0 Å². The molecule has 3 rings (SSSR count). The quantitative estimate of drug-likeness (QED) is 0.436. The summed E-state index contributed by atoms with van der Waals surface area (Å²) in [5, 5.41) is 8.17. The standard InChI is InChI=1S/C23H28ClN7O/c1-4-19(25-9-6-10-26-21-17(2)7-5-8-20(21)24)16-28-30-23-27-15-18(3)22(29-23)31-11-13-32-14-12-31/h4-9,15-16,26H,1,10-14H2,2-3H3,(H,27,29,30)/b9-6-,25-19-,28-16-. The fraction of sp³-hybridized carbons (Fsp3) is 0.304. The minimum Gasteiger partial charge on any atom is -0.380 e. The van der Waals surface area contributed by atoms with E-state index >= 15 is 0 Å². The Morgan fingerprint density at radius 2 is 2.09 bits per heavy atom. The van der Waals surface area contributed by atoms with Crippen molar-refractivity contribution in [3.05, 3.63) is 65.5 Å². The molecule has 1 aromatic carbocycles. The van der Waals surface area contributed by atoms with Gasteiger partial charge in [0.2, 0.25) is 5.95 Å². The van der Waals surface area contributed by atoms with Crippen molar-refractivity contribution < 1.29 is 4.74 Å². The summed E-state index contributed by atoms with van der Waals surface area (Å²) in [4.78, 5) is 15.4. The third-order valence-corrected chi connectivity index (χ3v) is 5.09. The van der Waals surface area contributed by atoms with Gasteiger partial charge >= 0.3 is 0 Å². The molecule has 168 valence electrons. The summed E-state index contributed by atoms with van der Waals surface area (Å²) in [5.41, 5.74) is 6.49. The van der Waals surface area contributed by atoms with Crippen LogP contribution in [-0.4, -0.2) is 54.7 Å². The molecule has 0 aliphatic carbocycles. The lowest BCUT2D eigenvalue weighted by molar-refractivity contribution is 0.122. The molecule has 8 nitrogen and oxygen atoms in total. The first kappa shape index (κ1) is 23.4. The molecule has 0 unspecified atom stereocenters. The highest BCUT2D eigenvalue weighted by molar-refractivity contribution is 6.36. The molecule has 1 saturated heterocycles. The van der Waals surface area contributed by atoms with Crippen molar-refractivity contribution in [2.45, 2.75) is 13.8 Å². The lowest BCUT2D eigenvalue weighted by Gasteiger charge is -2.28. The average molecular weight is 454 g/mol. The first-order valence-corrected chi connectivity index (χ1v) is 10.8. The van der Waals surface area contributed by atoms with Crippen LogP contribution < -0.4 is 15.6 Å². The Balaban J connectivity index is 1.54. The zero-order chi connectivity index (χ0) is 22.8. The summed E-state index contributed by atoms with van der Waals surface area (Å²) in [6.07, 6.45) is 8.57. The van der Waals surface area contributed by atoms with Gasteiger partial charge in [-0.15, -0.1) is 0 Å². The van der Waals surface area contributed by atoms with Gasteiger partial charge in [-0.1, -0.05) is 30.3 Å². The number of hydrogen-bond acceptors (Lipinski definition) is 8. The average Bonchev–Trinajstić information content (AvgIpc) is 2.81. The van der Waals surface area contributed by atoms with Crippen LogP contribution in [0.2, 0.25) is 5.02 Å². The molecule has 2 heterocycles. The number of allylic oxidation sites excluding steroid dienone is 1. The van der Waals surface area contributed by atoms with E-state index in [-0.39, 0.29) is 0 Å². The van der Waals surface area contributed by atoms with Crippen LogP contribution in [0.3, 0.4) is 0 Å². The zero-order valence-electron chi connectivity index (χ0n) is 18.4. The van der Waals surface area contributed by atoms with Crippen LogP contribution in [0, 0.1) is 13.8 Å². The molecule has 1 aromatic heterocycles. The number of nitrogens with zero attached hydrogens (tertiary/aromatic N) is 5. The number of aromatic nitrogens is 2. The van der Waals surface area contributed by atoms with Gasteiger partial charge in [0.25, 0.3) is 0 Å². The molecule has 1 fully saturated rings. The number of anilines is 3. The molecule has 32 heavy (non-hydrogen) atoms. The second-order valence-electron chi connectivity index (χ2n) is 7.13. The van der Waals surface area contributed by atoms with Crippen LogP contribution in [0.5, 0.6) is 0 Å². The maximum Gasteiger partial charge on any atom is 0.245 e. The predicted molar refractivity (Wildman–Crippen MR) is 133 cm³/mol. The van der Waals surface area contributed by atoms with Gasteiger partial charge in [0, 0.05) is 37.6 Å². The van der Waals surface area contributed by atoms with E-state index in [0.717, 1.165) is 35.7 Å². The third-order valence-electron chi connectivity index (χ3n) is 4.77. The van der Waals surface area contributed by atoms with Crippen molar-refractivity contribution in [2.24, 2.45) is 10.1 Å². The molecule has 1 aliphatic rings. The number of hydrazone groups is 1. The van der Waals surface area contributed by atoms with E-state index in [4.69, 9.17) is 16.3 Å². The van der Waals surface area contributed by atoms with Crippen molar-refractivity contribution in [2.75, 3.05) is 48.5 Å². The monoisotopic (exact) mass is 453 g/mol. The smallest absolute Gasteiger partial charge is 0.245 e. The normalized spacial score (nSPS) is 14.8. The highest BCUT2D eigenvalue weighted by atomic mass is 35.5. The molecular weight excluding hydrogens is 426 g/mol. The van der Waals surface area contributed by atoms with E-state index in [1.807, 2.05) is 38.1 Å². The van der Waals surface area contributed by atoms with Crippen molar-refractivity contribution in [1.82, 2.24) is 9.97 Å². The van der Waals surface area contributed by atoms with Crippen molar-refractivity contribution in [3.63, 3.8) is 0 Å². The maximum absolute atomic E-state index is 6.22. The predicted octanol–water partition coefficient (Wildman–Crippen LogP) is 4.23. The molecule has 0 spiro atoms. The molecule has 0 amide bonds. The Hall–Kier alpha value is -3.23. The third kappa shape index (κ3) is 6.63. The number of morpholine rings is 1. The number of hydrogen-bond donors (Lipinski definition) is 2. The van der Waals surface area contributed by atoms with Crippen LogP contribution in [0.25, 0.3) is 0 Å². The minimum absolute atomic E-state index is 0.423. The summed E-state index contributed by atoms with van der Waals surface area (Å²) < 4.78 is 5.41. The van der Waals surface area contributed by atoms with Crippen molar-refractivity contribution >= 4 is 41.0 Å². The maximum atomic E-state index is 6.22. The summed E-state index contributed by atoms with van der Waals surface area (Å²) in [5.74, 6) is 1.31. The summed E-state index contributed by atoms with van der Waals surface area (Å²) in [6.45, 7) is 11.4. The molecule has 0 saturated carbocycles. The molecule has 2 aromatic rings. The van der Waals surface area contributed by atoms with Gasteiger partial charge in [0.15, 0.2) is 0 Å². The van der Waals surface area contributed by atoms with Gasteiger partial charge in [0.1, 0.15) is 5.82 Å². The van der Waals surface area contributed by atoms with Gasteiger partial charge in [0.05, 0.1) is 35.9 Å². The highest BCUT2D eigenvalue weighted by Crippen LogP contribution is 2.24. The Bertz CT molecular complexity index is 993. The van der Waals surface area contributed by atoms with Crippen LogP contribution in [0.4, 0.5) is 17.5 Å². The molecular formula is C23H28ClN7O. The second-order valence-corrected chi connectivity index (χ2v) is 7.53. The van der Waals surface area contributed by atoms with Crippen LogP contribution in [0.1, 0.15) is 11.1 Å². The van der Waals surface area contributed by atoms with Crippen LogP contribution in [-0.2, 0) is 4.74 Å². The molecule has 2 N–H and O–H groups in total. The Labute approximate surface area is 193 Å². The van der Waals surface area contributed by atoms with Gasteiger partial charge < -0.3 is 15.0 Å². The first-order valence-electron chi connectivity index (χ1n) is 10.4. The molecule has 0 radical (unpaired) electrons. The topological polar surface area (TPSA) is 87.0 Å². The second kappa shape index (κ2) is 12.0. The summed E-state index contributed by atoms with van der Waals surface area (Å²) >= 11 is 6.22. The molecule has 0 atom stereocenters. The summed E-state index contributed by atoms with van der Waals surface area (Å²) in [6, 6.07) is 5.80. The Morgan fingerprint density at radius 1 is 1.28 bits per heavy atom. The number of rotatable bonds is 9. The number of aryl methyl sites for hydroxylation is 2. The largest absolute Gasteiger partial charge is 0.380 e. The molecule has 1 aliphatic heterocycles. The van der Waals surface area contributed by atoms with Gasteiger partial charge in [-0.25, -0.2) is 10.4 Å². The number of benzene rings is 1. The SMILES string of the molecule is C=CC(/C=N\Nc1ncc(C)c(N2CCOCC2)n1)=N/C=C\CNc1c(C)cccc1Cl. The van der Waals surface area contributed by atoms with E-state index in [2.05, 4.69) is 42.3 Å². The number of para-hydroxylation sites is 1. The lowest BCUT2D eigenvalue weighted by Crippen LogP contribution is -2.37. The zero-order valence-corrected chi connectivity index (χ0v) is 19.1. The number of halogens is 1. The molecule has 9 heteroatoms. The van der Waals surface area contributed by atoms with E-state index in [0.29, 0.717) is 36.4 Å². The van der Waals surface area contributed by atoms with Gasteiger partial charge in [-0.2, -0.15) is 10.1 Å². The van der Waals surface area contributed by atoms with Crippen LogP contribution >= 0.6 is 11.6 Å². The van der Waals surface area contributed by atoms with Crippen LogP contribution in [0.15, 0.2) is 59.4 Å². The van der Waals surface area contributed by atoms with Crippen molar-refractivity contribution in [1.29, 1.82) is 0 Å². The Kier molecular flexibility index (Phi) is 8.77. The minimum atomic E-state index is 0.423. The fourth-order valence-corrected chi connectivity index (χ4v) is 3.37. The highest BCUT2D eigenvalue weighted by Gasteiger charge is 2.15. The van der Waals surface area contributed by atoms with E-state index in [1.165, 1.54) is 0 Å². The number of ether oxygens (including phenoxy) is 1. The Morgan fingerprint density at radius 3 is 2.84 bits per heavy atom. The number of aliphatic imine (C=N–C) groups is 1. The van der Waals surface area contributed by atoms with Gasteiger partial charge in [-0.3, -0.25) is 4.99 Å². The number of nitrogens with one attached hydrogen (secondary N) is 2. The van der Waals surface area contributed by atoms with E-state index in [9.17, 15) is 0 Å². The van der Waals surface area contributed by atoms with Gasteiger partial charge in [-0.05, 0) is 37.6 Å². The molecule has 0 bridgehead atoms. The van der Waals surface area contributed by atoms with Crippen molar-refractivity contribution in [3.8, 4) is 0 Å². The lowest BCUT2D eigenvalue weighted by atomic mass is 10.2. The van der Waals surface area contributed by atoms with E-state index in [1.54, 1.807) is 24.7 Å².